The van der Waals surface area contributed by atoms with E-state index in [-0.39, 0.29) is 5.91 Å². The molecule has 0 radical (unpaired) electrons. The Kier molecular flexibility index (Phi) is 5.81. The summed E-state index contributed by atoms with van der Waals surface area (Å²) in [5.41, 5.74) is 0.638. The summed E-state index contributed by atoms with van der Waals surface area (Å²) in [6.45, 7) is 5.64. The molecule has 0 saturated carbocycles. The number of carbonyl (C=O) groups excluding carboxylic acids is 1. The average molecular weight is 398 g/mol. The van der Waals surface area contributed by atoms with Crippen molar-refractivity contribution in [1.29, 1.82) is 0 Å². The summed E-state index contributed by atoms with van der Waals surface area (Å²) in [4.78, 5) is 22.5. The molecule has 5 nitrogen and oxygen atoms in total. The van der Waals surface area contributed by atoms with Crippen LogP contribution in [-0.4, -0.2) is 33.9 Å². The zero-order valence-corrected chi connectivity index (χ0v) is 16.0. The van der Waals surface area contributed by atoms with E-state index in [1.54, 1.807) is 13.1 Å². The van der Waals surface area contributed by atoms with Crippen LogP contribution >= 0.6 is 11.3 Å². The van der Waals surface area contributed by atoms with Gasteiger partial charge in [-0.1, -0.05) is 0 Å². The molecule has 1 N–H and O–H groups in total. The van der Waals surface area contributed by atoms with Crippen molar-refractivity contribution in [3.63, 3.8) is 0 Å². The number of rotatable bonds is 5. The number of carbonyl (C=O) groups is 1. The lowest BCUT2D eigenvalue weighted by molar-refractivity contribution is -0.137. The van der Waals surface area contributed by atoms with Crippen LogP contribution in [0.3, 0.4) is 0 Å². The van der Waals surface area contributed by atoms with Gasteiger partial charge in [-0.05, 0) is 43.9 Å². The smallest absolute Gasteiger partial charge is 0.302 e. The molecule has 1 fully saturated rings. The molecule has 1 atom stereocenters. The zero-order valence-electron chi connectivity index (χ0n) is 15.1. The first-order valence-electron chi connectivity index (χ1n) is 8.68. The van der Waals surface area contributed by atoms with Gasteiger partial charge in [0.2, 0.25) is 5.91 Å². The molecule has 1 aliphatic heterocycles. The summed E-state index contributed by atoms with van der Waals surface area (Å²) in [6, 6.07) is 1.23. The van der Waals surface area contributed by atoms with Crippen LogP contribution in [0.4, 0.5) is 18.3 Å². The highest BCUT2D eigenvalue weighted by Gasteiger charge is 2.32. The van der Waals surface area contributed by atoms with Gasteiger partial charge in [0.1, 0.15) is 0 Å². The van der Waals surface area contributed by atoms with Gasteiger partial charge in [0.25, 0.3) is 0 Å². The van der Waals surface area contributed by atoms with Gasteiger partial charge in [-0.15, -0.1) is 11.3 Å². The lowest BCUT2D eigenvalue weighted by atomic mass is 9.97. The van der Waals surface area contributed by atoms with Gasteiger partial charge in [-0.2, -0.15) is 13.2 Å². The molecule has 1 aliphatic rings. The highest BCUT2D eigenvalue weighted by atomic mass is 32.1. The van der Waals surface area contributed by atoms with Gasteiger partial charge < -0.3 is 5.32 Å². The number of likely N-dealkylation sites (tertiary alicyclic amines) is 1. The number of thiazole rings is 1. The standard InChI is InChI=1S/C18H21F3N4OS/c1-11-14(6-15(7-22-11)18(19,20)21)5-13-3-4-25(9-13)10-16-8-23-17(27-16)24-12(2)26/h6-8,13H,3-5,9-10H2,1-2H3,(H,23,24,26). The Morgan fingerprint density at radius 3 is 2.85 bits per heavy atom. The van der Waals surface area contributed by atoms with Crippen LogP contribution in [0.25, 0.3) is 0 Å². The molecule has 0 spiro atoms. The van der Waals surface area contributed by atoms with E-state index in [9.17, 15) is 18.0 Å². The van der Waals surface area contributed by atoms with Crippen LogP contribution in [-0.2, 0) is 23.9 Å². The number of alkyl halides is 3. The summed E-state index contributed by atoms with van der Waals surface area (Å²) in [6.07, 6.45) is -0.179. The quantitative estimate of drug-likeness (QED) is 0.830. The van der Waals surface area contributed by atoms with E-state index >= 15 is 0 Å². The first-order valence-corrected chi connectivity index (χ1v) is 9.49. The third-order valence-electron chi connectivity index (χ3n) is 4.61. The lowest BCUT2D eigenvalue weighted by Gasteiger charge is -2.16. The molecule has 3 rings (SSSR count). The fraction of sp³-hybridized carbons (Fsp3) is 0.500. The molecule has 0 bridgehead atoms. The Labute approximate surface area is 159 Å². The third-order valence-corrected chi connectivity index (χ3v) is 5.51. The van der Waals surface area contributed by atoms with Crippen molar-refractivity contribution in [2.75, 3.05) is 18.4 Å². The van der Waals surface area contributed by atoms with Crippen molar-refractivity contribution >= 4 is 22.4 Å². The zero-order chi connectivity index (χ0) is 19.6. The molecule has 2 aromatic heterocycles. The molecule has 2 aromatic rings. The number of aromatic nitrogens is 2. The van der Waals surface area contributed by atoms with Crippen molar-refractivity contribution in [1.82, 2.24) is 14.9 Å². The van der Waals surface area contributed by atoms with Gasteiger partial charge >= 0.3 is 6.18 Å². The Morgan fingerprint density at radius 1 is 1.37 bits per heavy atom. The normalized spacial score (nSPS) is 18.0. The van der Waals surface area contributed by atoms with Gasteiger partial charge in [-0.3, -0.25) is 14.7 Å². The second kappa shape index (κ2) is 7.93. The van der Waals surface area contributed by atoms with Crippen LogP contribution in [0.5, 0.6) is 0 Å². The molecule has 0 aromatic carbocycles. The summed E-state index contributed by atoms with van der Waals surface area (Å²) >= 11 is 1.44. The Bertz CT molecular complexity index is 821. The fourth-order valence-electron chi connectivity index (χ4n) is 3.28. The van der Waals surface area contributed by atoms with Crippen molar-refractivity contribution in [2.45, 2.75) is 39.4 Å². The molecule has 27 heavy (non-hydrogen) atoms. The molecule has 1 unspecified atom stereocenters. The summed E-state index contributed by atoms with van der Waals surface area (Å²) < 4.78 is 38.8. The van der Waals surface area contributed by atoms with Gasteiger partial charge in [0.15, 0.2) is 5.13 Å². The van der Waals surface area contributed by atoms with Gasteiger partial charge in [-0.25, -0.2) is 4.98 Å². The Hall–Kier alpha value is -2.00. The van der Waals surface area contributed by atoms with E-state index in [2.05, 4.69) is 20.2 Å². The van der Waals surface area contributed by atoms with Crippen LogP contribution in [0.15, 0.2) is 18.5 Å². The predicted molar refractivity (Wildman–Crippen MR) is 97.5 cm³/mol. The van der Waals surface area contributed by atoms with Crippen molar-refractivity contribution < 1.29 is 18.0 Å². The second-order valence-corrected chi connectivity index (χ2v) is 7.99. The molecule has 1 amide bonds. The minimum atomic E-state index is -4.37. The van der Waals surface area contributed by atoms with Gasteiger partial charge in [0, 0.05) is 43.0 Å². The van der Waals surface area contributed by atoms with E-state index in [1.165, 1.54) is 24.3 Å². The second-order valence-electron chi connectivity index (χ2n) is 6.87. The highest BCUT2D eigenvalue weighted by Crippen LogP contribution is 2.31. The number of nitrogens with zero attached hydrogens (tertiary/aromatic N) is 3. The number of pyridine rings is 1. The van der Waals surface area contributed by atoms with Crippen molar-refractivity contribution in [3.05, 3.63) is 40.2 Å². The van der Waals surface area contributed by atoms with Crippen LogP contribution in [0, 0.1) is 12.8 Å². The topological polar surface area (TPSA) is 58.1 Å². The average Bonchev–Trinajstić information content (AvgIpc) is 3.18. The fourth-order valence-corrected chi connectivity index (χ4v) is 4.18. The SMILES string of the molecule is CC(=O)Nc1ncc(CN2CCC(Cc3cc(C(F)(F)F)cnc3C)C2)s1. The minimum Gasteiger partial charge on any atom is -0.302 e. The van der Waals surface area contributed by atoms with Crippen molar-refractivity contribution in [2.24, 2.45) is 5.92 Å². The molecule has 3 heterocycles. The summed E-state index contributed by atoms with van der Waals surface area (Å²) in [7, 11) is 0. The van der Waals surface area contributed by atoms with Crippen molar-refractivity contribution in [3.8, 4) is 0 Å². The van der Waals surface area contributed by atoms with Gasteiger partial charge in [0.05, 0.1) is 5.56 Å². The Morgan fingerprint density at radius 2 is 2.15 bits per heavy atom. The third kappa shape index (κ3) is 5.26. The van der Waals surface area contributed by atoms with E-state index in [0.29, 0.717) is 28.7 Å². The molecular formula is C18H21F3N4OS. The number of amides is 1. The maximum Gasteiger partial charge on any atom is 0.417 e. The molecular weight excluding hydrogens is 377 g/mol. The predicted octanol–water partition coefficient (Wildman–Crippen LogP) is 3.89. The first kappa shape index (κ1) is 19.8. The number of anilines is 1. The minimum absolute atomic E-state index is 0.151. The largest absolute Gasteiger partial charge is 0.417 e. The molecule has 9 heteroatoms. The van der Waals surface area contributed by atoms with E-state index in [1.807, 2.05) is 0 Å². The highest BCUT2D eigenvalue weighted by molar-refractivity contribution is 7.15. The molecule has 1 saturated heterocycles. The maximum absolute atomic E-state index is 12.9. The molecule has 0 aliphatic carbocycles. The van der Waals surface area contributed by atoms with Crippen LogP contribution < -0.4 is 5.32 Å². The monoisotopic (exact) mass is 398 g/mol. The van der Waals surface area contributed by atoms with E-state index in [0.717, 1.165) is 37.1 Å². The number of nitrogens with one attached hydrogen (secondary N) is 1. The Balaban J connectivity index is 1.58. The summed E-state index contributed by atoms with van der Waals surface area (Å²) in [5.74, 6) is 0.152. The number of hydrogen-bond donors (Lipinski definition) is 1. The maximum atomic E-state index is 12.9. The molecule has 146 valence electrons. The van der Waals surface area contributed by atoms with Crippen LogP contribution in [0.2, 0.25) is 0 Å². The first-order chi connectivity index (χ1) is 12.7. The number of aryl methyl sites for hydroxylation is 1. The number of hydrogen-bond acceptors (Lipinski definition) is 5. The number of halogens is 3. The van der Waals surface area contributed by atoms with E-state index in [4.69, 9.17) is 0 Å². The van der Waals surface area contributed by atoms with Crippen LogP contribution in [0.1, 0.15) is 35.0 Å². The lowest BCUT2D eigenvalue weighted by Crippen LogP contribution is -2.20. The summed E-state index contributed by atoms with van der Waals surface area (Å²) in [5, 5.41) is 3.25. The van der Waals surface area contributed by atoms with E-state index < -0.39 is 11.7 Å².